The van der Waals surface area contributed by atoms with Crippen LogP contribution in [0.15, 0.2) is 42.5 Å². The third-order valence-electron chi connectivity index (χ3n) is 2.69. The van der Waals surface area contributed by atoms with Crippen molar-refractivity contribution in [1.82, 2.24) is 0 Å². The molecule has 0 spiro atoms. The fourth-order valence-electron chi connectivity index (χ4n) is 1.68. The molecule has 1 N–H and O–H groups in total. The Morgan fingerprint density at radius 2 is 2.05 bits per heavy atom. The van der Waals surface area contributed by atoms with E-state index in [1.165, 1.54) is 43.3 Å². The molecule has 0 aromatic heterocycles. The summed E-state index contributed by atoms with van der Waals surface area (Å²) in [4.78, 5) is 10.4. The van der Waals surface area contributed by atoms with Gasteiger partial charge >= 0.3 is 5.69 Å². The van der Waals surface area contributed by atoms with E-state index in [9.17, 15) is 19.6 Å². The van der Waals surface area contributed by atoms with Crippen molar-refractivity contribution >= 4 is 5.69 Å². The lowest BCUT2D eigenvalue weighted by atomic mass is 10.1. The Hall–Kier alpha value is -2.47. The monoisotopic (exact) mass is 277 g/mol. The Morgan fingerprint density at radius 1 is 1.30 bits per heavy atom. The van der Waals surface area contributed by atoms with E-state index in [-0.39, 0.29) is 17.2 Å². The fraction of sp³-hybridized carbons (Fsp3) is 0.143. The molecule has 20 heavy (non-hydrogen) atoms. The van der Waals surface area contributed by atoms with Gasteiger partial charge in [0.25, 0.3) is 0 Å². The molecule has 0 aliphatic rings. The van der Waals surface area contributed by atoms with E-state index in [4.69, 9.17) is 4.74 Å². The van der Waals surface area contributed by atoms with Crippen LogP contribution in [0.2, 0.25) is 0 Å². The van der Waals surface area contributed by atoms with Crippen molar-refractivity contribution in [3.63, 3.8) is 0 Å². The van der Waals surface area contributed by atoms with Crippen LogP contribution in [-0.4, -0.2) is 10.0 Å². The molecule has 0 aliphatic carbocycles. The number of nitrogens with zero attached hydrogens (tertiary/aromatic N) is 1. The van der Waals surface area contributed by atoms with Gasteiger partial charge in [-0.25, -0.2) is 4.39 Å². The summed E-state index contributed by atoms with van der Waals surface area (Å²) in [5.74, 6) is -0.339. The van der Waals surface area contributed by atoms with Gasteiger partial charge in [0, 0.05) is 12.1 Å². The smallest absolute Gasteiger partial charge is 0.311 e. The molecular weight excluding hydrogens is 265 g/mol. The summed E-state index contributed by atoms with van der Waals surface area (Å²) in [7, 11) is 0. The molecule has 5 nitrogen and oxygen atoms in total. The number of aliphatic hydroxyl groups excluding tert-OH is 1. The minimum absolute atomic E-state index is 0.00926. The molecule has 0 heterocycles. The number of rotatable bonds is 4. The third kappa shape index (κ3) is 3.10. The topological polar surface area (TPSA) is 72.6 Å². The molecule has 0 saturated heterocycles. The van der Waals surface area contributed by atoms with Crippen LogP contribution in [0.25, 0.3) is 0 Å². The minimum Gasteiger partial charge on any atom is -0.450 e. The third-order valence-corrected chi connectivity index (χ3v) is 2.69. The van der Waals surface area contributed by atoms with Gasteiger partial charge in [-0.05, 0) is 30.7 Å². The molecule has 0 amide bonds. The number of nitro groups is 1. The average Bonchev–Trinajstić information content (AvgIpc) is 2.38. The fourth-order valence-corrected chi connectivity index (χ4v) is 1.68. The second kappa shape index (κ2) is 5.66. The zero-order chi connectivity index (χ0) is 14.7. The Labute approximate surface area is 114 Å². The van der Waals surface area contributed by atoms with Gasteiger partial charge in [0.1, 0.15) is 11.6 Å². The second-order valence-corrected chi connectivity index (χ2v) is 4.22. The highest BCUT2D eigenvalue weighted by Gasteiger charge is 2.18. The van der Waals surface area contributed by atoms with Gasteiger partial charge in [-0.2, -0.15) is 0 Å². The number of aliphatic hydroxyl groups is 1. The molecule has 2 aromatic carbocycles. The van der Waals surface area contributed by atoms with Crippen LogP contribution < -0.4 is 4.74 Å². The van der Waals surface area contributed by atoms with E-state index in [1.54, 1.807) is 0 Å². The van der Waals surface area contributed by atoms with Crippen molar-refractivity contribution in [1.29, 1.82) is 0 Å². The molecule has 2 rings (SSSR count). The lowest BCUT2D eigenvalue weighted by molar-refractivity contribution is -0.385. The highest BCUT2D eigenvalue weighted by Crippen LogP contribution is 2.33. The zero-order valence-corrected chi connectivity index (χ0v) is 10.6. The molecule has 104 valence electrons. The summed E-state index contributed by atoms with van der Waals surface area (Å²) >= 11 is 0. The van der Waals surface area contributed by atoms with Crippen LogP contribution in [0.4, 0.5) is 10.1 Å². The van der Waals surface area contributed by atoms with E-state index in [0.717, 1.165) is 6.07 Å². The Kier molecular flexibility index (Phi) is 3.95. The number of ether oxygens (including phenoxy) is 1. The molecule has 0 fully saturated rings. The maximum atomic E-state index is 13.1. The first-order valence-electron chi connectivity index (χ1n) is 5.87. The molecule has 1 atom stereocenters. The molecule has 0 radical (unpaired) electrons. The van der Waals surface area contributed by atoms with Crippen molar-refractivity contribution in [2.45, 2.75) is 13.0 Å². The number of hydrogen-bond donors (Lipinski definition) is 1. The van der Waals surface area contributed by atoms with Gasteiger partial charge in [-0.1, -0.05) is 12.1 Å². The molecular formula is C14H12FNO4. The average molecular weight is 277 g/mol. The van der Waals surface area contributed by atoms with Gasteiger partial charge in [0.15, 0.2) is 0 Å². The van der Waals surface area contributed by atoms with Crippen molar-refractivity contribution in [3.8, 4) is 11.5 Å². The van der Waals surface area contributed by atoms with Crippen LogP contribution in [0.5, 0.6) is 11.5 Å². The number of nitro benzene ring substituents is 1. The van der Waals surface area contributed by atoms with Gasteiger partial charge in [0.05, 0.1) is 11.0 Å². The zero-order valence-electron chi connectivity index (χ0n) is 10.6. The van der Waals surface area contributed by atoms with Crippen molar-refractivity contribution < 1.29 is 19.2 Å². The van der Waals surface area contributed by atoms with Crippen molar-refractivity contribution in [2.24, 2.45) is 0 Å². The van der Waals surface area contributed by atoms with E-state index >= 15 is 0 Å². The van der Waals surface area contributed by atoms with Crippen molar-refractivity contribution in [3.05, 3.63) is 64.0 Å². The van der Waals surface area contributed by atoms with E-state index in [2.05, 4.69) is 0 Å². The quantitative estimate of drug-likeness (QED) is 0.684. The largest absolute Gasteiger partial charge is 0.450 e. The maximum Gasteiger partial charge on any atom is 0.311 e. The molecule has 6 heteroatoms. The van der Waals surface area contributed by atoms with Crippen LogP contribution in [-0.2, 0) is 0 Å². The standard InChI is InChI=1S/C14H12FNO4/c1-9(17)10-5-6-14(13(7-10)16(18)19)20-12-4-2-3-11(15)8-12/h2-9,17H,1H3/t9-/m1/s1. The second-order valence-electron chi connectivity index (χ2n) is 4.22. The van der Waals surface area contributed by atoms with Gasteiger partial charge < -0.3 is 9.84 Å². The maximum absolute atomic E-state index is 13.1. The Morgan fingerprint density at radius 3 is 2.65 bits per heavy atom. The molecule has 2 aromatic rings. The van der Waals surface area contributed by atoms with Gasteiger partial charge in [-0.3, -0.25) is 10.1 Å². The summed E-state index contributed by atoms with van der Waals surface area (Å²) in [6.07, 6.45) is -0.822. The van der Waals surface area contributed by atoms with Crippen molar-refractivity contribution in [2.75, 3.05) is 0 Å². The van der Waals surface area contributed by atoms with Crippen LogP contribution in [0.3, 0.4) is 0 Å². The summed E-state index contributed by atoms with van der Waals surface area (Å²) in [5.41, 5.74) is 0.121. The molecule has 0 saturated carbocycles. The first-order chi connectivity index (χ1) is 9.47. The normalized spacial score (nSPS) is 11.9. The highest BCUT2D eigenvalue weighted by molar-refractivity contribution is 5.51. The number of hydrogen-bond acceptors (Lipinski definition) is 4. The first kappa shape index (κ1) is 14.0. The van der Waals surface area contributed by atoms with E-state index in [1.807, 2.05) is 0 Å². The van der Waals surface area contributed by atoms with Gasteiger partial charge in [0.2, 0.25) is 5.75 Å². The van der Waals surface area contributed by atoms with Crippen LogP contribution in [0, 0.1) is 15.9 Å². The van der Waals surface area contributed by atoms with E-state index < -0.39 is 16.8 Å². The summed E-state index contributed by atoms with van der Waals surface area (Å²) in [6, 6.07) is 9.46. The minimum atomic E-state index is -0.822. The Balaban J connectivity index is 2.38. The summed E-state index contributed by atoms with van der Waals surface area (Å²) in [6.45, 7) is 1.51. The summed E-state index contributed by atoms with van der Waals surface area (Å²) in [5, 5.41) is 20.5. The number of benzene rings is 2. The molecule has 0 aliphatic heterocycles. The van der Waals surface area contributed by atoms with Crippen LogP contribution in [0.1, 0.15) is 18.6 Å². The molecule has 0 bridgehead atoms. The van der Waals surface area contributed by atoms with Gasteiger partial charge in [-0.15, -0.1) is 0 Å². The van der Waals surface area contributed by atoms with E-state index in [0.29, 0.717) is 5.56 Å². The van der Waals surface area contributed by atoms with Crippen LogP contribution >= 0.6 is 0 Å². The first-order valence-corrected chi connectivity index (χ1v) is 5.87. The highest BCUT2D eigenvalue weighted by atomic mass is 19.1. The summed E-state index contributed by atoms with van der Waals surface area (Å²) < 4.78 is 18.4. The lowest BCUT2D eigenvalue weighted by Crippen LogP contribution is -1.97. The predicted molar refractivity (Wildman–Crippen MR) is 70.2 cm³/mol. The predicted octanol–water partition coefficient (Wildman–Crippen LogP) is 3.58. The lowest BCUT2D eigenvalue weighted by Gasteiger charge is -2.09. The number of halogens is 1. The SMILES string of the molecule is C[C@@H](O)c1ccc(Oc2cccc(F)c2)c([N+](=O)[O-])c1. The Bertz CT molecular complexity index is 643. The molecule has 0 unspecified atom stereocenters.